The lowest BCUT2D eigenvalue weighted by atomic mass is 9.76. The number of ketones is 1. The third kappa shape index (κ3) is 1.35. The molecule has 0 spiro atoms. The van der Waals surface area contributed by atoms with Gasteiger partial charge in [0.25, 0.3) is 0 Å². The van der Waals surface area contributed by atoms with Gasteiger partial charge in [0.1, 0.15) is 0 Å². The first-order valence-electron chi connectivity index (χ1n) is 7.17. The molecule has 1 aliphatic carbocycles. The number of hydrogen-bond donors (Lipinski definition) is 1. The molecule has 0 radical (unpaired) electrons. The van der Waals surface area contributed by atoms with Gasteiger partial charge in [-0.2, -0.15) is 0 Å². The molecule has 0 saturated carbocycles. The first-order valence-corrected chi connectivity index (χ1v) is 7.17. The topological polar surface area (TPSA) is 47.6 Å². The molecular weight excluding hydrogens is 266 g/mol. The minimum absolute atomic E-state index is 0.151. The SMILES string of the molecule is O=C1c2ccccc2-c2c3c(cc4c2[C@@H]1NCC4)OCO3. The number of carbonyl (C=O) groups excluding carboxylic acids is 1. The van der Waals surface area contributed by atoms with E-state index in [4.69, 9.17) is 9.47 Å². The number of nitrogens with one attached hydrogen (secondary N) is 1. The van der Waals surface area contributed by atoms with E-state index in [9.17, 15) is 4.79 Å². The van der Waals surface area contributed by atoms with Crippen LogP contribution in [-0.4, -0.2) is 19.1 Å². The fourth-order valence-corrected chi connectivity index (χ4v) is 3.66. The fourth-order valence-electron chi connectivity index (χ4n) is 3.66. The molecule has 0 amide bonds. The van der Waals surface area contributed by atoms with Crippen LogP contribution in [0.25, 0.3) is 11.1 Å². The Kier molecular flexibility index (Phi) is 2.08. The number of carbonyl (C=O) groups is 1. The minimum atomic E-state index is -0.256. The monoisotopic (exact) mass is 279 g/mol. The molecular formula is C17H13NO3. The summed E-state index contributed by atoms with van der Waals surface area (Å²) in [6.45, 7) is 1.06. The number of benzene rings is 2. The first kappa shape index (κ1) is 11.3. The Morgan fingerprint density at radius 2 is 2.00 bits per heavy atom. The van der Waals surface area contributed by atoms with Gasteiger partial charge in [0.2, 0.25) is 6.79 Å². The van der Waals surface area contributed by atoms with Gasteiger partial charge >= 0.3 is 0 Å². The van der Waals surface area contributed by atoms with E-state index in [1.807, 2.05) is 30.3 Å². The summed E-state index contributed by atoms with van der Waals surface area (Å²) in [5.41, 5.74) is 5.03. The number of ether oxygens (including phenoxy) is 2. The summed E-state index contributed by atoms with van der Waals surface area (Å²) in [4.78, 5) is 12.8. The molecule has 2 aromatic carbocycles. The molecule has 0 fully saturated rings. The van der Waals surface area contributed by atoms with Crippen LogP contribution in [0, 0.1) is 0 Å². The normalized spacial score (nSPS) is 21.0. The number of Topliss-reactive ketones (excluding diaryl/α,β-unsaturated/α-hetero) is 1. The zero-order valence-corrected chi connectivity index (χ0v) is 11.3. The van der Waals surface area contributed by atoms with Crippen molar-refractivity contribution in [3.63, 3.8) is 0 Å². The van der Waals surface area contributed by atoms with Gasteiger partial charge < -0.3 is 14.8 Å². The molecule has 4 heteroatoms. The molecule has 2 aromatic rings. The van der Waals surface area contributed by atoms with Crippen molar-refractivity contribution in [3.05, 3.63) is 47.0 Å². The average molecular weight is 279 g/mol. The maximum atomic E-state index is 12.8. The van der Waals surface area contributed by atoms with Crippen LogP contribution >= 0.6 is 0 Å². The van der Waals surface area contributed by atoms with Crippen molar-refractivity contribution >= 4 is 5.78 Å². The lowest BCUT2D eigenvalue weighted by Gasteiger charge is -2.33. The van der Waals surface area contributed by atoms with E-state index in [2.05, 4.69) is 5.32 Å². The molecule has 0 aromatic heterocycles. The molecule has 5 rings (SSSR count). The number of hydrogen-bond acceptors (Lipinski definition) is 4. The zero-order chi connectivity index (χ0) is 14.0. The van der Waals surface area contributed by atoms with Gasteiger partial charge in [0, 0.05) is 17.7 Å². The highest BCUT2D eigenvalue weighted by molar-refractivity contribution is 6.11. The smallest absolute Gasteiger partial charge is 0.231 e. The van der Waals surface area contributed by atoms with Crippen molar-refractivity contribution < 1.29 is 14.3 Å². The van der Waals surface area contributed by atoms with E-state index in [0.717, 1.165) is 46.7 Å². The van der Waals surface area contributed by atoms with E-state index >= 15 is 0 Å². The highest BCUT2D eigenvalue weighted by atomic mass is 16.7. The van der Waals surface area contributed by atoms with Crippen LogP contribution in [0.4, 0.5) is 0 Å². The van der Waals surface area contributed by atoms with Crippen LogP contribution < -0.4 is 14.8 Å². The van der Waals surface area contributed by atoms with Crippen molar-refractivity contribution in [3.8, 4) is 22.6 Å². The van der Waals surface area contributed by atoms with E-state index in [1.165, 1.54) is 5.56 Å². The number of rotatable bonds is 0. The summed E-state index contributed by atoms with van der Waals surface area (Å²) < 4.78 is 11.3. The fraction of sp³-hybridized carbons (Fsp3) is 0.235. The maximum Gasteiger partial charge on any atom is 0.231 e. The Morgan fingerprint density at radius 1 is 1.14 bits per heavy atom. The second kappa shape index (κ2) is 3.86. The Morgan fingerprint density at radius 3 is 2.90 bits per heavy atom. The van der Waals surface area contributed by atoms with Gasteiger partial charge in [0.05, 0.1) is 6.04 Å². The molecule has 1 N–H and O–H groups in total. The summed E-state index contributed by atoms with van der Waals surface area (Å²) in [6.07, 6.45) is 0.908. The molecule has 0 bridgehead atoms. The lowest BCUT2D eigenvalue weighted by Crippen LogP contribution is -2.37. The third-order valence-electron chi connectivity index (χ3n) is 4.54. The van der Waals surface area contributed by atoms with Crippen molar-refractivity contribution in [2.24, 2.45) is 0 Å². The van der Waals surface area contributed by atoms with Gasteiger partial charge in [-0.15, -0.1) is 0 Å². The maximum absolute atomic E-state index is 12.8. The molecule has 2 heterocycles. The predicted molar refractivity (Wildman–Crippen MR) is 76.8 cm³/mol. The molecule has 0 unspecified atom stereocenters. The molecule has 1 atom stereocenters. The number of fused-ring (bicyclic) bond motifs is 4. The molecule has 3 aliphatic rings. The third-order valence-corrected chi connectivity index (χ3v) is 4.54. The minimum Gasteiger partial charge on any atom is -0.454 e. The summed E-state index contributed by atoms with van der Waals surface area (Å²) in [7, 11) is 0. The van der Waals surface area contributed by atoms with Crippen LogP contribution in [0.15, 0.2) is 30.3 Å². The van der Waals surface area contributed by atoms with Gasteiger partial charge in [-0.05, 0) is 29.2 Å². The van der Waals surface area contributed by atoms with Crippen molar-refractivity contribution in [2.45, 2.75) is 12.5 Å². The van der Waals surface area contributed by atoms with E-state index in [1.54, 1.807) is 0 Å². The molecule has 2 aliphatic heterocycles. The molecule has 4 nitrogen and oxygen atoms in total. The van der Waals surface area contributed by atoms with Crippen molar-refractivity contribution in [2.75, 3.05) is 13.3 Å². The van der Waals surface area contributed by atoms with E-state index < -0.39 is 0 Å². The first-order chi connectivity index (χ1) is 10.3. The van der Waals surface area contributed by atoms with Crippen molar-refractivity contribution in [1.29, 1.82) is 0 Å². The Labute approximate surface area is 121 Å². The average Bonchev–Trinajstić information content (AvgIpc) is 2.99. The summed E-state index contributed by atoms with van der Waals surface area (Å²) in [5.74, 6) is 1.73. The van der Waals surface area contributed by atoms with Crippen LogP contribution in [0.1, 0.15) is 27.5 Å². The second-order valence-corrected chi connectivity index (χ2v) is 5.61. The van der Waals surface area contributed by atoms with E-state index in [-0.39, 0.29) is 18.6 Å². The predicted octanol–water partition coefficient (Wildman–Crippen LogP) is 2.47. The quantitative estimate of drug-likeness (QED) is 0.804. The summed E-state index contributed by atoms with van der Waals surface area (Å²) in [6, 6.07) is 9.54. The van der Waals surface area contributed by atoms with Crippen LogP contribution in [0.5, 0.6) is 11.5 Å². The standard InChI is InChI=1S/C17H13NO3/c19-16-11-4-2-1-3-10(11)14-13-9(5-6-18-15(13)16)7-12-17(14)21-8-20-12/h1-4,7,15,18H,5-6,8H2/t15-/m0/s1. The van der Waals surface area contributed by atoms with Gasteiger partial charge in [-0.25, -0.2) is 0 Å². The largest absolute Gasteiger partial charge is 0.454 e. The summed E-state index contributed by atoms with van der Waals surface area (Å²) >= 11 is 0. The second-order valence-electron chi connectivity index (χ2n) is 5.61. The lowest BCUT2D eigenvalue weighted by molar-refractivity contribution is 0.0937. The molecule has 21 heavy (non-hydrogen) atoms. The van der Waals surface area contributed by atoms with Gasteiger partial charge in [-0.3, -0.25) is 4.79 Å². The Bertz CT molecular complexity index is 797. The molecule has 104 valence electrons. The van der Waals surface area contributed by atoms with E-state index in [0.29, 0.717) is 0 Å². The van der Waals surface area contributed by atoms with Gasteiger partial charge in [0.15, 0.2) is 17.3 Å². The van der Waals surface area contributed by atoms with Gasteiger partial charge in [-0.1, -0.05) is 24.3 Å². The van der Waals surface area contributed by atoms with Crippen LogP contribution in [-0.2, 0) is 6.42 Å². The highest BCUT2D eigenvalue weighted by Gasteiger charge is 2.39. The van der Waals surface area contributed by atoms with Crippen LogP contribution in [0.2, 0.25) is 0 Å². The van der Waals surface area contributed by atoms with Crippen LogP contribution in [0.3, 0.4) is 0 Å². The Hall–Kier alpha value is -2.33. The zero-order valence-electron chi connectivity index (χ0n) is 11.3. The van der Waals surface area contributed by atoms with Crippen molar-refractivity contribution in [1.82, 2.24) is 5.32 Å². The Balaban J connectivity index is 1.93. The molecule has 0 saturated heterocycles. The highest BCUT2D eigenvalue weighted by Crippen LogP contribution is 2.51. The summed E-state index contributed by atoms with van der Waals surface area (Å²) in [5, 5.41) is 3.35.